The van der Waals surface area contributed by atoms with Crippen LogP contribution in [0.5, 0.6) is 11.5 Å². The second-order valence-corrected chi connectivity index (χ2v) is 8.30. The quantitative estimate of drug-likeness (QED) is 0.462. The number of hydrogen-bond acceptors (Lipinski definition) is 4. The van der Waals surface area contributed by atoms with Crippen molar-refractivity contribution in [1.82, 2.24) is 0 Å². The van der Waals surface area contributed by atoms with Gasteiger partial charge in [-0.3, -0.25) is 9.59 Å². The predicted molar refractivity (Wildman–Crippen MR) is 103 cm³/mol. The summed E-state index contributed by atoms with van der Waals surface area (Å²) < 4.78 is 5.62. The Balaban J connectivity index is 2.49. The highest BCUT2D eigenvalue weighted by molar-refractivity contribution is 5.73. The van der Waals surface area contributed by atoms with Crippen LogP contribution >= 0.6 is 0 Å². The molecule has 0 aromatic heterocycles. The summed E-state index contributed by atoms with van der Waals surface area (Å²) in [5.41, 5.74) is -0.764. The zero-order valence-corrected chi connectivity index (χ0v) is 16.7. The van der Waals surface area contributed by atoms with E-state index in [1.165, 1.54) is 0 Å². The van der Waals surface area contributed by atoms with Crippen molar-refractivity contribution in [3.63, 3.8) is 0 Å². The number of unbranched alkanes of at least 4 members (excludes halogenated alkanes) is 1. The summed E-state index contributed by atoms with van der Waals surface area (Å²) in [5.74, 6) is -1.13. The SMILES string of the molecule is CC(C)(CCCCc1cccc(OCCCC(C)(C)C(=O)O)c1O)C(=O)O. The third-order valence-corrected chi connectivity index (χ3v) is 4.94. The van der Waals surface area contributed by atoms with E-state index in [2.05, 4.69) is 0 Å². The molecule has 0 radical (unpaired) electrons. The Kier molecular flexibility index (Phi) is 8.13. The second kappa shape index (κ2) is 9.62. The molecule has 0 saturated carbocycles. The molecule has 152 valence electrons. The predicted octanol–water partition coefficient (Wildman–Crippen LogP) is 4.49. The average Bonchev–Trinajstić information content (AvgIpc) is 2.57. The van der Waals surface area contributed by atoms with Crippen molar-refractivity contribution in [2.45, 2.75) is 66.2 Å². The standard InChI is InChI=1S/C21H32O6/c1-20(2,18(23)24)12-6-5-9-15-10-7-11-16(17(15)22)27-14-8-13-21(3,4)19(25)26/h7,10-11,22H,5-6,8-9,12-14H2,1-4H3,(H,23,24)(H,25,26). The molecule has 0 heterocycles. The fourth-order valence-corrected chi connectivity index (χ4v) is 2.68. The topological polar surface area (TPSA) is 104 Å². The van der Waals surface area contributed by atoms with Crippen molar-refractivity contribution < 1.29 is 29.6 Å². The minimum atomic E-state index is -0.835. The van der Waals surface area contributed by atoms with Crippen LogP contribution in [-0.2, 0) is 16.0 Å². The molecule has 0 aliphatic heterocycles. The number of carbonyl (C=O) groups is 2. The van der Waals surface area contributed by atoms with E-state index >= 15 is 0 Å². The largest absolute Gasteiger partial charge is 0.504 e. The number of aryl methyl sites for hydroxylation is 1. The molecule has 1 rings (SSSR count). The van der Waals surface area contributed by atoms with Crippen molar-refractivity contribution >= 4 is 11.9 Å². The summed E-state index contributed by atoms with van der Waals surface area (Å²) >= 11 is 0. The summed E-state index contributed by atoms with van der Waals surface area (Å²) in [4.78, 5) is 22.2. The van der Waals surface area contributed by atoms with E-state index in [1.54, 1.807) is 33.8 Å². The number of aliphatic carboxylic acids is 2. The van der Waals surface area contributed by atoms with E-state index in [9.17, 15) is 14.7 Å². The number of carboxylic acid groups (broad SMARTS) is 2. The number of phenolic OH excluding ortho intramolecular Hbond substituents is 1. The normalized spacial score (nSPS) is 12.0. The van der Waals surface area contributed by atoms with E-state index < -0.39 is 22.8 Å². The third kappa shape index (κ3) is 7.12. The van der Waals surface area contributed by atoms with E-state index in [4.69, 9.17) is 14.9 Å². The lowest BCUT2D eigenvalue weighted by molar-refractivity contribution is -0.148. The van der Waals surface area contributed by atoms with Crippen LogP contribution < -0.4 is 4.74 Å². The Bertz CT molecular complexity index is 596. The van der Waals surface area contributed by atoms with Gasteiger partial charge in [-0.15, -0.1) is 0 Å². The Morgan fingerprint density at radius 1 is 0.926 bits per heavy atom. The first kappa shape index (κ1) is 22.8. The number of para-hydroxylation sites is 1. The van der Waals surface area contributed by atoms with Crippen LogP contribution in [0.1, 0.15) is 65.4 Å². The smallest absolute Gasteiger partial charge is 0.309 e. The summed E-state index contributed by atoms with van der Waals surface area (Å²) in [5, 5.41) is 28.6. The van der Waals surface area contributed by atoms with Gasteiger partial charge in [-0.25, -0.2) is 0 Å². The van der Waals surface area contributed by atoms with Crippen LogP contribution in [0.15, 0.2) is 18.2 Å². The highest BCUT2D eigenvalue weighted by atomic mass is 16.5. The maximum absolute atomic E-state index is 11.1. The highest BCUT2D eigenvalue weighted by Crippen LogP contribution is 2.32. The Labute approximate surface area is 161 Å². The molecule has 0 bridgehead atoms. The molecule has 0 aliphatic carbocycles. The van der Waals surface area contributed by atoms with E-state index in [1.807, 2.05) is 12.1 Å². The molecule has 0 amide bonds. The molecule has 3 N–H and O–H groups in total. The van der Waals surface area contributed by atoms with Crippen LogP contribution in [-0.4, -0.2) is 33.9 Å². The molecule has 0 spiro atoms. The summed E-state index contributed by atoms with van der Waals surface area (Å²) in [6.45, 7) is 7.12. The van der Waals surface area contributed by atoms with E-state index in [-0.39, 0.29) is 5.75 Å². The number of phenols is 1. The molecule has 0 unspecified atom stereocenters. The number of benzene rings is 1. The van der Waals surface area contributed by atoms with E-state index in [0.29, 0.717) is 38.0 Å². The second-order valence-electron chi connectivity index (χ2n) is 8.30. The van der Waals surface area contributed by atoms with Gasteiger partial charge in [0.25, 0.3) is 0 Å². The molecule has 0 fully saturated rings. The molecular formula is C21H32O6. The van der Waals surface area contributed by atoms with Gasteiger partial charge in [-0.1, -0.05) is 18.6 Å². The number of carboxylic acids is 2. The monoisotopic (exact) mass is 380 g/mol. The number of rotatable bonds is 12. The maximum atomic E-state index is 11.1. The number of ether oxygens (including phenoxy) is 1. The van der Waals surface area contributed by atoms with Crippen molar-refractivity contribution in [2.75, 3.05) is 6.61 Å². The van der Waals surface area contributed by atoms with Crippen molar-refractivity contribution in [3.05, 3.63) is 23.8 Å². The molecule has 1 aromatic rings. The zero-order valence-electron chi connectivity index (χ0n) is 16.7. The summed E-state index contributed by atoms with van der Waals surface area (Å²) in [7, 11) is 0. The molecule has 0 aliphatic rings. The van der Waals surface area contributed by atoms with Gasteiger partial charge in [0.2, 0.25) is 0 Å². The number of aromatic hydroxyl groups is 1. The highest BCUT2D eigenvalue weighted by Gasteiger charge is 2.27. The molecule has 0 saturated heterocycles. The van der Waals surface area contributed by atoms with Crippen LogP contribution in [0.4, 0.5) is 0 Å². The fraction of sp³-hybridized carbons (Fsp3) is 0.619. The lowest BCUT2D eigenvalue weighted by Gasteiger charge is -2.19. The fourth-order valence-electron chi connectivity index (χ4n) is 2.68. The van der Waals surface area contributed by atoms with Gasteiger partial charge in [0, 0.05) is 0 Å². The molecule has 27 heavy (non-hydrogen) atoms. The molecule has 0 atom stereocenters. The van der Waals surface area contributed by atoms with Crippen molar-refractivity contribution in [3.8, 4) is 11.5 Å². The van der Waals surface area contributed by atoms with Gasteiger partial charge >= 0.3 is 11.9 Å². The average molecular weight is 380 g/mol. The van der Waals surface area contributed by atoms with Crippen LogP contribution in [0.3, 0.4) is 0 Å². The summed E-state index contributed by atoms with van der Waals surface area (Å²) in [6, 6.07) is 5.33. The van der Waals surface area contributed by atoms with Gasteiger partial charge in [-0.2, -0.15) is 0 Å². The van der Waals surface area contributed by atoms with Gasteiger partial charge in [-0.05, 0) is 71.4 Å². The van der Waals surface area contributed by atoms with E-state index in [0.717, 1.165) is 18.4 Å². The van der Waals surface area contributed by atoms with Gasteiger partial charge in [0.05, 0.1) is 17.4 Å². The summed E-state index contributed by atoms with van der Waals surface area (Å²) in [6.07, 6.45) is 3.83. The minimum absolute atomic E-state index is 0.104. The Morgan fingerprint density at radius 3 is 2.04 bits per heavy atom. The first-order valence-electron chi connectivity index (χ1n) is 9.38. The first-order chi connectivity index (χ1) is 12.5. The molecule has 1 aromatic carbocycles. The van der Waals surface area contributed by atoms with Crippen molar-refractivity contribution in [2.24, 2.45) is 10.8 Å². The lowest BCUT2D eigenvalue weighted by Crippen LogP contribution is -2.24. The Hall–Kier alpha value is -2.24. The molecule has 6 heteroatoms. The van der Waals surface area contributed by atoms with Crippen LogP contribution in [0, 0.1) is 10.8 Å². The Morgan fingerprint density at radius 2 is 1.48 bits per heavy atom. The molecule has 6 nitrogen and oxygen atoms in total. The van der Waals surface area contributed by atoms with Gasteiger partial charge in [0.15, 0.2) is 11.5 Å². The maximum Gasteiger partial charge on any atom is 0.309 e. The van der Waals surface area contributed by atoms with Gasteiger partial charge in [0.1, 0.15) is 0 Å². The van der Waals surface area contributed by atoms with Gasteiger partial charge < -0.3 is 20.1 Å². The molecular weight excluding hydrogens is 348 g/mol. The van der Waals surface area contributed by atoms with Crippen LogP contribution in [0.25, 0.3) is 0 Å². The lowest BCUT2D eigenvalue weighted by atomic mass is 9.87. The zero-order chi connectivity index (χ0) is 20.7. The van der Waals surface area contributed by atoms with Crippen molar-refractivity contribution in [1.29, 1.82) is 0 Å². The minimum Gasteiger partial charge on any atom is -0.504 e. The first-order valence-corrected chi connectivity index (χ1v) is 9.38. The third-order valence-electron chi connectivity index (χ3n) is 4.94. The van der Waals surface area contributed by atoms with Crippen LogP contribution in [0.2, 0.25) is 0 Å². The number of hydrogen-bond donors (Lipinski definition) is 3.